The van der Waals surface area contributed by atoms with Crippen molar-refractivity contribution in [2.45, 2.75) is 38.8 Å². The topological polar surface area (TPSA) is 23.5 Å². The zero-order valence-corrected chi connectivity index (χ0v) is 8.08. The van der Waals surface area contributed by atoms with Crippen LogP contribution in [-0.2, 0) is 0 Å². The Morgan fingerprint density at radius 3 is 2.75 bits per heavy atom. The van der Waals surface area contributed by atoms with Crippen molar-refractivity contribution in [2.24, 2.45) is 0 Å². The molecule has 1 N–H and O–H groups in total. The first-order chi connectivity index (χ1) is 5.63. The normalized spacial score (nSPS) is 30.9. The van der Waals surface area contributed by atoms with Crippen LogP contribution in [0.2, 0.25) is 0 Å². The molecule has 2 heteroatoms. The fourth-order valence-electron chi connectivity index (χ4n) is 1.69. The third-order valence-electron chi connectivity index (χ3n) is 2.61. The predicted octanol–water partition coefficient (Wildman–Crippen LogP) is 1.41. The highest BCUT2D eigenvalue weighted by molar-refractivity contribution is 4.99. The molecular weight excluding hydrogens is 150 g/mol. The van der Waals surface area contributed by atoms with Gasteiger partial charge in [-0.05, 0) is 19.8 Å². The highest BCUT2D eigenvalue weighted by Gasteiger charge is 2.26. The van der Waals surface area contributed by atoms with E-state index in [1.165, 1.54) is 5.57 Å². The summed E-state index contributed by atoms with van der Waals surface area (Å²) in [7, 11) is 0. The monoisotopic (exact) mass is 169 g/mol. The van der Waals surface area contributed by atoms with E-state index in [0.717, 1.165) is 25.9 Å². The number of nitrogens with zero attached hydrogens (tertiary/aromatic N) is 1. The third kappa shape index (κ3) is 2.32. The molecule has 1 aliphatic heterocycles. The second-order valence-corrected chi connectivity index (χ2v) is 3.77. The van der Waals surface area contributed by atoms with Crippen LogP contribution in [0.3, 0.4) is 0 Å². The maximum atomic E-state index is 9.38. The van der Waals surface area contributed by atoms with Gasteiger partial charge in [-0.1, -0.05) is 19.1 Å². The van der Waals surface area contributed by atoms with Crippen LogP contribution < -0.4 is 0 Å². The summed E-state index contributed by atoms with van der Waals surface area (Å²) in [5, 5.41) is 9.38. The molecule has 0 saturated carbocycles. The van der Waals surface area contributed by atoms with Gasteiger partial charge in [-0.2, -0.15) is 0 Å². The van der Waals surface area contributed by atoms with Gasteiger partial charge in [-0.3, -0.25) is 4.90 Å². The van der Waals surface area contributed by atoms with E-state index in [4.69, 9.17) is 0 Å². The maximum absolute atomic E-state index is 9.38. The summed E-state index contributed by atoms with van der Waals surface area (Å²) in [6, 6.07) is 0.517. The summed E-state index contributed by atoms with van der Waals surface area (Å²) in [6.45, 7) is 10.0. The SMILES string of the molecule is C=C(CC)CN1CC(O)CC1C. The molecule has 1 saturated heterocycles. The Labute approximate surface area is 74.9 Å². The smallest absolute Gasteiger partial charge is 0.0682 e. The molecule has 1 aliphatic rings. The number of aliphatic hydroxyl groups excluding tert-OH is 1. The lowest BCUT2D eigenvalue weighted by Crippen LogP contribution is -2.29. The average Bonchev–Trinajstić information content (AvgIpc) is 2.30. The minimum Gasteiger partial charge on any atom is -0.392 e. The largest absolute Gasteiger partial charge is 0.392 e. The quantitative estimate of drug-likeness (QED) is 0.646. The summed E-state index contributed by atoms with van der Waals surface area (Å²) < 4.78 is 0. The van der Waals surface area contributed by atoms with Crippen molar-refractivity contribution in [3.05, 3.63) is 12.2 Å². The van der Waals surface area contributed by atoms with Crippen LogP contribution in [0.15, 0.2) is 12.2 Å². The summed E-state index contributed by atoms with van der Waals surface area (Å²) in [4.78, 5) is 2.30. The minimum absolute atomic E-state index is 0.121. The van der Waals surface area contributed by atoms with E-state index in [1.54, 1.807) is 0 Å². The molecule has 0 aromatic carbocycles. The van der Waals surface area contributed by atoms with Crippen molar-refractivity contribution in [2.75, 3.05) is 13.1 Å². The fraction of sp³-hybridized carbons (Fsp3) is 0.800. The van der Waals surface area contributed by atoms with Crippen LogP contribution in [0, 0.1) is 0 Å². The Morgan fingerprint density at radius 2 is 2.33 bits per heavy atom. The molecular formula is C10H19NO. The maximum Gasteiger partial charge on any atom is 0.0682 e. The second kappa shape index (κ2) is 4.06. The molecule has 2 unspecified atom stereocenters. The van der Waals surface area contributed by atoms with Gasteiger partial charge in [-0.25, -0.2) is 0 Å². The number of rotatable bonds is 3. The Bertz CT molecular complexity index is 167. The Kier molecular flexibility index (Phi) is 3.29. The van der Waals surface area contributed by atoms with E-state index in [-0.39, 0.29) is 6.10 Å². The average molecular weight is 169 g/mol. The lowest BCUT2D eigenvalue weighted by Gasteiger charge is -2.21. The molecule has 0 aromatic rings. The first-order valence-electron chi connectivity index (χ1n) is 4.72. The molecule has 0 spiro atoms. The van der Waals surface area contributed by atoms with E-state index in [2.05, 4.69) is 25.3 Å². The third-order valence-corrected chi connectivity index (χ3v) is 2.61. The minimum atomic E-state index is -0.121. The van der Waals surface area contributed by atoms with Crippen LogP contribution in [0.25, 0.3) is 0 Å². The molecule has 1 rings (SSSR count). The zero-order chi connectivity index (χ0) is 9.14. The van der Waals surface area contributed by atoms with Gasteiger partial charge in [0.15, 0.2) is 0 Å². The Balaban J connectivity index is 2.37. The van der Waals surface area contributed by atoms with Crippen LogP contribution in [0.5, 0.6) is 0 Å². The van der Waals surface area contributed by atoms with Crippen molar-refractivity contribution >= 4 is 0 Å². The summed E-state index contributed by atoms with van der Waals surface area (Å²) in [5.41, 5.74) is 1.26. The number of hydrogen-bond donors (Lipinski definition) is 1. The van der Waals surface area contributed by atoms with Crippen molar-refractivity contribution in [1.29, 1.82) is 0 Å². The van der Waals surface area contributed by atoms with Gasteiger partial charge in [0.05, 0.1) is 6.10 Å². The van der Waals surface area contributed by atoms with Gasteiger partial charge in [0.2, 0.25) is 0 Å². The van der Waals surface area contributed by atoms with Crippen molar-refractivity contribution in [3.63, 3.8) is 0 Å². The van der Waals surface area contributed by atoms with E-state index in [1.807, 2.05) is 0 Å². The van der Waals surface area contributed by atoms with E-state index < -0.39 is 0 Å². The van der Waals surface area contributed by atoms with Gasteiger partial charge in [0, 0.05) is 19.1 Å². The van der Waals surface area contributed by atoms with E-state index >= 15 is 0 Å². The Morgan fingerprint density at radius 1 is 1.67 bits per heavy atom. The molecule has 0 aliphatic carbocycles. The number of likely N-dealkylation sites (tertiary alicyclic amines) is 1. The number of hydrogen-bond acceptors (Lipinski definition) is 2. The lowest BCUT2D eigenvalue weighted by atomic mass is 10.2. The van der Waals surface area contributed by atoms with Crippen molar-refractivity contribution < 1.29 is 5.11 Å². The van der Waals surface area contributed by atoms with E-state index in [9.17, 15) is 5.11 Å². The van der Waals surface area contributed by atoms with Crippen LogP contribution in [0.4, 0.5) is 0 Å². The first kappa shape index (κ1) is 9.75. The molecule has 0 bridgehead atoms. The van der Waals surface area contributed by atoms with Crippen LogP contribution in [0.1, 0.15) is 26.7 Å². The molecule has 1 fully saturated rings. The molecule has 0 amide bonds. The zero-order valence-electron chi connectivity index (χ0n) is 8.08. The molecule has 0 aromatic heterocycles. The first-order valence-corrected chi connectivity index (χ1v) is 4.72. The van der Waals surface area contributed by atoms with E-state index in [0.29, 0.717) is 6.04 Å². The second-order valence-electron chi connectivity index (χ2n) is 3.77. The lowest BCUT2D eigenvalue weighted by molar-refractivity contribution is 0.178. The summed E-state index contributed by atoms with van der Waals surface area (Å²) in [6.07, 6.45) is 1.83. The molecule has 1 heterocycles. The summed E-state index contributed by atoms with van der Waals surface area (Å²) >= 11 is 0. The van der Waals surface area contributed by atoms with Gasteiger partial charge in [0.25, 0.3) is 0 Å². The molecule has 2 atom stereocenters. The number of aliphatic hydroxyl groups is 1. The van der Waals surface area contributed by atoms with Gasteiger partial charge < -0.3 is 5.11 Å². The fourth-order valence-corrected chi connectivity index (χ4v) is 1.69. The molecule has 2 nitrogen and oxygen atoms in total. The number of β-amino-alcohol motifs (C(OH)–C–C–N with tert-alkyl or cyclic N) is 1. The highest BCUT2D eigenvalue weighted by Crippen LogP contribution is 2.18. The molecule has 0 radical (unpaired) electrons. The molecule has 70 valence electrons. The molecule has 12 heavy (non-hydrogen) atoms. The van der Waals surface area contributed by atoms with Crippen LogP contribution >= 0.6 is 0 Å². The van der Waals surface area contributed by atoms with Gasteiger partial charge in [0.1, 0.15) is 0 Å². The van der Waals surface area contributed by atoms with Gasteiger partial charge >= 0.3 is 0 Å². The Hall–Kier alpha value is -0.340. The van der Waals surface area contributed by atoms with Crippen LogP contribution in [-0.4, -0.2) is 35.2 Å². The van der Waals surface area contributed by atoms with Gasteiger partial charge in [-0.15, -0.1) is 0 Å². The summed E-state index contributed by atoms with van der Waals surface area (Å²) in [5.74, 6) is 0. The standard InChI is InChI=1S/C10H19NO/c1-4-8(2)6-11-7-10(12)5-9(11)3/h9-10,12H,2,4-7H2,1,3H3. The van der Waals surface area contributed by atoms with Crippen molar-refractivity contribution in [1.82, 2.24) is 4.90 Å². The highest BCUT2D eigenvalue weighted by atomic mass is 16.3. The predicted molar refractivity (Wildman–Crippen MR) is 51.1 cm³/mol. The van der Waals surface area contributed by atoms with Crippen molar-refractivity contribution in [3.8, 4) is 0 Å².